The quantitative estimate of drug-likeness (QED) is 0.752. The molecular formula is C21H33N3O3S. The molecular weight excluding hydrogens is 374 g/mol. The highest BCUT2D eigenvalue weighted by atomic mass is 32.2. The molecule has 1 aromatic carbocycles. The fraction of sp³-hybridized carbons (Fsp3) is 0.667. The zero-order chi connectivity index (χ0) is 20.3. The molecule has 0 aliphatic carbocycles. The van der Waals surface area contributed by atoms with Crippen LogP contribution in [0.4, 0.5) is 0 Å². The number of carbonyl (C=O) groups is 1. The summed E-state index contributed by atoms with van der Waals surface area (Å²) in [6, 6.07) is 5.77. The molecule has 2 aliphatic heterocycles. The van der Waals surface area contributed by atoms with Crippen LogP contribution < -0.4 is 0 Å². The third kappa shape index (κ3) is 4.58. The normalized spacial score (nSPS) is 22.4. The summed E-state index contributed by atoms with van der Waals surface area (Å²) in [7, 11) is -3.51. The van der Waals surface area contributed by atoms with Crippen LogP contribution in [0.1, 0.15) is 43.7 Å². The molecule has 0 N–H and O–H groups in total. The number of sulfonamides is 1. The van der Waals surface area contributed by atoms with Crippen LogP contribution in [0.2, 0.25) is 0 Å². The zero-order valence-electron chi connectivity index (χ0n) is 17.4. The first-order chi connectivity index (χ1) is 13.3. The first-order valence-electron chi connectivity index (χ1n) is 10.4. The van der Waals surface area contributed by atoms with Crippen LogP contribution in [-0.4, -0.2) is 73.7 Å². The smallest absolute Gasteiger partial charge is 0.243 e. The number of benzene rings is 1. The van der Waals surface area contributed by atoms with Gasteiger partial charge in [0.1, 0.15) is 0 Å². The van der Waals surface area contributed by atoms with Crippen LogP contribution in [0.25, 0.3) is 0 Å². The first-order valence-corrected chi connectivity index (χ1v) is 11.9. The lowest BCUT2D eigenvalue weighted by Crippen LogP contribution is -2.53. The number of hydrogen-bond donors (Lipinski definition) is 0. The van der Waals surface area contributed by atoms with Crippen molar-refractivity contribution in [2.24, 2.45) is 0 Å². The van der Waals surface area contributed by atoms with Gasteiger partial charge >= 0.3 is 0 Å². The van der Waals surface area contributed by atoms with Crippen molar-refractivity contribution in [2.75, 3.05) is 39.3 Å². The molecule has 28 heavy (non-hydrogen) atoms. The second-order valence-electron chi connectivity index (χ2n) is 8.06. The fourth-order valence-electron chi connectivity index (χ4n) is 4.21. The Morgan fingerprint density at radius 3 is 2.39 bits per heavy atom. The van der Waals surface area contributed by atoms with E-state index in [-0.39, 0.29) is 5.91 Å². The van der Waals surface area contributed by atoms with Crippen molar-refractivity contribution in [3.8, 4) is 0 Å². The fourth-order valence-corrected chi connectivity index (χ4v) is 5.71. The molecule has 0 spiro atoms. The van der Waals surface area contributed by atoms with Gasteiger partial charge in [0.15, 0.2) is 0 Å². The Bertz CT molecular complexity index is 801. The summed E-state index contributed by atoms with van der Waals surface area (Å²) in [5.41, 5.74) is 2.05. The Morgan fingerprint density at radius 1 is 1.04 bits per heavy atom. The van der Waals surface area contributed by atoms with Gasteiger partial charge in [-0.2, -0.15) is 4.31 Å². The lowest BCUT2D eigenvalue weighted by Gasteiger charge is -2.38. The van der Waals surface area contributed by atoms with Crippen LogP contribution in [-0.2, 0) is 14.8 Å². The van der Waals surface area contributed by atoms with Gasteiger partial charge in [-0.3, -0.25) is 9.69 Å². The Kier molecular flexibility index (Phi) is 6.78. The number of piperidine rings is 1. The van der Waals surface area contributed by atoms with Crippen molar-refractivity contribution < 1.29 is 13.2 Å². The number of amides is 1. The van der Waals surface area contributed by atoms with Crippen molar-refractivity contribution in [3.63, 3.8) is 0 Å². The molecule has 156 valence electrons. The highest BCUT2D eigenvalue weighted by Gasteiger charge is 2.31. The predicted molar refractivity (Wildman–Crippen MR) is 111 cm³/mol. The largest absolute Gasteiger partial charge is 0.339 e. The van der Waals surface area contributed by atoms with E-state index in [1.54, 1.807) is 12.1 Å². The maximum Gasteiger partial charge on any atom is 0.243 e. The summed E-state index contributed by atoms with van der Waals surface area (Å²) >= 11 is 0. The minimum Gasteiger partial charge on any atom is -0.339 e. The van der Waals surface area contributed by atoms with Crippen LogP contribution in [0, 0.1) is 13.8 Å². The third-order valence-electron chi connectivity index (χ3n) is 6.27. The maximum atomic E-state index is 12.9. The molecule has 2 aliphatic rings. The van der Waals surface area contributed by atoms with E-state index in [0.717, 1.165) is 30.5 Å². The number of rotatable bonds is 5. The monoisotopic (exact) mass is 407 g/mol. The highest BCUT2D eigenvalue weighted by molar-refractivity contribution is 7.89. The van der Waals surface area contributed by atoms with Crippen LogP contribution in [0.5, 0.6) is 0 Å². The zero-order valence-corrected chi connectivity index (χ0v) is 18.2. The van der Waals surface area contributed by atoms with Gasteiger partial charge in [0, 0.05) is 32.2 Å². The van der Waals surface area contributed by atoms with Gasteiger partial charge < -0.3 is 4.90 Å². The van der Waals surface area contributed by atoms with Crippen LogP contribution in [0.15, 0.2) is 23.1 Å². The Morgan fingerprint density at radius 2 is 1.75 bits per heavy atom. The molecule has 6 nitrogen and oxygen atoms in total. The van der Waals surface area contributed by atoms with Crippen molar-refractivity contribution in [3.05, 3.63) is 29.3 Å². The molecule has 3 rings (SSSR count). The lowest BCUT2D eigenvalue weighted by molar-refractivity contribution is -0.134. The van der Waals surface area contributed by atoms with E-state index in [4.69, 9.17) is 0 Å². The maximum absolute atomic E-state index is 12.9. The van der Waals surface area contributed by atoms with Crippen molar-refractivity contribution in [1.82, 2.24) is 14.1 Å². The second-order valence-corrected chi connectivity index (χ2v) is 10.00. The Hall–Kier alpha value is -1.44. The molecule has 2 saturated heterocycles. The van der Waals surface area contributed by atoms with Gasteiger partial charge in [-0.1, -0.05) is 19.4 Å². The van der Waals surface area contributed by atoms with Gasteiger partial charge in [-0.25, -0.2) is 8.42 Å². The number of piperazine rings is 1. The summed E-state index contributed by atoms with van der Waals surface area (Å²) in [4.78, 5) is 17.2. The molecule has 0 bridgehead atoms. The van der Waals surface area contributed by atoms with Crippen LogP contribution >= 0.6 is 0 Å². The summed E-state index contributed by atoms with van der Waals surface area (Å²) < 4.78 is 27.4. The molecule has 2 fully saturated rings. The molecule has 0 aromatic heterocycles. The van der Waals surface area contributed by atoms with Gasteiger partial charge in [0.05, 0.1) is 11.4 Å². The molecule has 1 unspecified atom stereocenters. The summed E-state index contributed by atoms with van der Waals surface area (Å²) in [6.07, 6.45) is 4.66. The second kappa shape index (κ2) is 8.93. The average molecular weight is 408 g/mol. The molecule has 7 heteroatoms. The first kappa shape index (κ1) is 21.3. The Balaban J connectivity index is 1.59. The summed E-state index contributed by atoms with van der Waals surface area (Å²) in [6.45, 7) is 9.19. The predicted octanol–water partition coefficient (Wildman–Crippen LogP) is 2.40. The van der Waals surface area contributed by atoms with E-state index >= 15 is 0 Å². The molecule has 0 radical (unpaired) electrons. The highest BCUT2D eigenvalue weighted by Crippen LogP contribution is 2.22. The van der Waals surface area contributed by atoms with E-state index < -0.39 is 10.0 Å². The van der Waals surface area contributed by atoms with Crippen molar-refractivity contribution >= 4 is 15.9 Å². The topological polar surface area (TPSA) is 60.9 Å². The number of likely N-dealkylation sites (tertiary alicyclic amines) is 1. The lowest BCUT2D eigenvalue weighted by atomic mass is 10.00. The van der Waals surface area contributed by atoms with Crippen molar-refractivity contribution in [2.45, 2.75) is 57.4 Å². The minimum atomic E-state index is -3.51. The number of carbonyl (C=O) groups excluding carboxylic acids is 1. The van der Waals surface area contributed by atoms with E-state index in [9.17, 15) is 13.2 Å². The SMILES string of the molecule is CCC1CCCCN1CC(=O)N1CCN(S(=O)(=O)c2ccc(C)c(C)c2)CC1. The van der Waals surface area contributed by atoms with Crippen molar-refractivity contribution in [1.29, 1.82) is 0 Å². The number of hydrogen-bond acceptors (Lipinski definition) is 4. The van der Waals surface area contributed by atoms with Gasteiger partial charge in [0.2, 0.25) is 15.9 Å². The Labute approximate surface area is 169 Å². The third-order valence-corrected chi connectivity index (χ3v) is 8.16. The molecule has 2 heterocycles. The van der Waals surface area contributed by atoms with Crippen LogP contribution in [0.3, 0.4) is 0 Å². The van der Waals surface area contributed by atoms with E-state index in [0.29, 0.717) is 43.7 Å². The van der Waals surface area contributed by atoms with E-state index in [2.05, 4.69) is 11.8 Å². The average Bonchev–Trinajstić information content (AvgIpc) is 2.70. The van der Waals surface area contributed by atoms with Gasteiger partial charge in [-0.05, 0) is 62.9 Å². The molecule has 1 aromatic rings. The number of aryl methyl sites for hydroxylation is 2. The number of nitrogens with zero attached hydrogens (tertiary/aromatic N) is 3. The molecule has 0 saturated carbocycles. The minimum absolute atomic E-state index is 0.128. The van der Waals surface area contributed by atoms with Gasteiger partial charge in [0.25, 0.3) is 0 Å². The van der Waals surface area contributed by atoms with Gasteiger partial charge in [-0.15, -0.1) is 0 Å². The molecule has 1 atom stereocenters. The summed E-state index contributed by atoms with van der Waals surface area (Å²) in [5.74, 6) is 0.128. The summed E-state index contributed by atoms with van der Waals surface area (Å²) in [5, 5.41) is 0. The molecule has 1 amide bonds. The standard InChI is InChI=1S/C21H33N3O3S/c1-4-19-7-5-6-10-23(19)16-21(25)22-11-13-24(14-12-22)28(26,27)20-9-8-17(2)18(3)15-20/h8-9,15,19H,4-7,10-14,16H2,1-3H3. The van der Waals surface area contributed by atoms with E-state index in [1.807, 2.05) is 24.8 Å². The van der Waals surface area contributed by atoms with E-state index in [1.165, 1.54) is 17.1 Å².